The molecule has 0 saturated carbocycles. The Kier molecular flexibility index (Phi) is 7.78. The number of carbonyl (C=O) groups is 1. The maximum atomic E-state index is 13.3. The van der Waals surface area contributed by atoms with Crippen LogP contribution in [-0.2, 0) is 21.4 Å². The van der Waals surface area contributed by atoms with Crippen molar-refractivity contribution in [2.24, 2.45) is 0 Å². The number of likely N-dealkylation sites (N-methyl/N-ethyl adjacent to an activating group) is 1. The van der Waals surface area contributed by atoms with E-state index in [0.717, 1.165) is 17.4 Å². The van der Waals surface area contributed by atoms with Crippen molar-refractivity contribution in [3.05, 3.63) is 44.8 Å². The standard InChI is InChI=1S/C19H23Cl2N5O5S/c1-24-6-3-7-25(9-8-24)32(29,30)16-10-13(4-5-15(16)31-2)23-17(27)12-26-19(28)18(21)14(20)11-22-26/h4-5,10-11H,3,6-9,12H2,1-2H3,(H,23,27). The van der Waals surface area contributed by atoms with Crippen LogP contribution in [0, 0.1) is 0 Å². The van der Waals surface area contributed by atoms with Crippen molar-refractivity contribution in [1.29, 1.82) is 0 Å². The number of nitrogens with one attached hydrogen (secondary N) is 1. The molecule has 174 valence electrons. The van der Waals surface area contributed by atoms with Crippen molar-refractivity contribution in [2.45, 2.75) is 17.9 Å². The number of sulfonamides is 1. The first kappa shape index (κ1) is 24.5. The second kappa shape index (κ2) is 10.2. The number of nitrogens with zero attached hydrogens (tertiary/aromatic N) is 4. The molecule has 0 aliphatic carbocycles. The van der Waals surface area contributed by atoms with E-state index in [4.69, 9.17) is 27.9 Å². The van der Waals surface area contributed by atoms with Gasteiger partial charge in [-0.3, -0.25) is 9.59 Å². The molecule has 10 nitrogen and oxygen atoms in total. The number of hydrogen-bond acceptors (Lipinski definition) is 7. The van der Waals surface area contributed by atoms with Gasteiger partial charge in [-0.2, -0.15) is 9.40 Å². The van der Waals surface area contributed by atoms with Crippen LogP contribution >= 0.6 is 23.2 Å². The van der Waals surface area contributed by atoms with E-state index in [0.29, 0.717) is 26.1 Å². The fourth-order valence-corrected chi connectivity index (χ4v) is 5.17. The molecule has 13 heteroatoms. The number of benzene rings is 1. The quantitative estimate of drug-likeness (QED) is 0.635. The Morgan fingerprint density at radius 2 is 1.97 bits per heavy atom. The van der Waals surface area contributed by atoms with Gasteiger partial charge in [0.05, 0.1) is 18.3 Å². The van der Waals surface area contributed by atoms with Crippen LogP contribution < -0.4 is 15.6 Å². The first-order valence-corrected chi connectivity index (χ1v) is 11.9. The zero-order valence-electron chi connectivity index (χ0n) is 17.5. The molecule has 1 saturated heterocycles. The predicted molar refractivity (Wildman–Crippen MR) is 121 cm³/mol. The molecular formula is C19H23Cl2N5O5S. The minimum Gasteiger partial charge on any atom is -0.495 e. The van der Waals surface area contributed by atoms with Crippen LogP contribution in [0.1, 0.15) is 6.42 Å². The van der Waals surface area contributed by atoms with Gasteiger partial charge in [0.25, 0.3) is 5.56 Å². The highest BCUT2D eigenvalue weighted by atomic mass is 35.5. The summed E-state index contributed by atoms with van der Waals surface area (Å²) in [6.07, 6.45) is 1.87. The van der Waals surface area contributed by atoms with Crippen LogP contribution in [0.5, 0.6) is 5.75 Å². The summed E-state index contributed by atoms with van der Waals surface area (Å²) >= 11 is 11.5. The Bertz CT molecular complexity index is 1170. The largest absolute Gasteiger partial charge is 0.495 e. The molecule has 2 heterocycles. The monoisotopic (exact) mass is 503 g/mol. The van der Waals surface area contributed by atoms with Crippen LogP contribution in [0.25, 0.3) is 0 Å². The van der Waals surface area contributed by atoms with Gasteiger partial charge in [0.1, 0.15) is 22.2 Å². The lowest BCUT2D eigenvalue weighted by Crippen LogP contribution is -2.34. The van der Waals surface area contributed by atoms with Crippen LogP contribution in [0.15, 0.2) is 34.1 Å². The van der Waals surface area contributed by atoms with Gasteiger partial charge in [0.2, 0.25) is 15.9 Å². The summed E-state index contributed by atoms with van der Waals surface area (Å²) in [5.41, 5.74) is -0.479. The van der Waals surface area contributed by atoms with Crippen molar-refractivity contribution in [2.75, 3.05) is 45.7 Å². The number of methoxy groups -OCH3 is 1. The minimum absolute atomic E-state index is 0.0157. The van der Waals surface area contributed by atoms with Gasteiger partial charge in [-0.15, -0.1) is 0 Å². The normalized spacial score (nSPS) is 15.9. The molecule has 0 unspecified atom stereocenters. The third kappa shape index (κ3) is 5.41. The molecule has 0 spiro atoms. The molecule has 1 aromatic carbocycles. The van der Waals surface area contributed by atoms with E-state index in [1.807, 2.05) is 7.05 Å². The molecule has 3 rings (SSSR count). The molecule has 1 fully saturated rings. The second-order valence-electron chi connectivity index (χ2n) is 7.24. The summed E-state index contributed by atoms with van der Waals surface area (Å²) in [6.45, 7) is 1.73. The third-order valence-corrected chi connectivity index (χ3v) is 7.65. The molecule has 1 aliphatic heterocycles. The number of carbonyl (C=O) groups excluding carboxylic acids is 1. The fourth-order valence-electron chi connectivity index (χ4n) is 3.25. The lowest BCUT2D eigenvalue weighted by atomic mass is 10.3. The fraction of sp³-hybridized carbons (Fsp3) is 0.421. The van der Waals surface area contributed by atoms with Crippen LogP contribution in [0.3, 0.4) is 0 Å². The van der Waals surface area contributed by atoms with E-state index < -0.39 is 28.0 Å². The maximum Gasteiger partial charge on any atom is 0.287 e. The SMILES string of the molecule is COc1ccc(NC(=O)Cn2ncc(Cl)c(Cl)c2=O)cc1S(=O)(=O)N1CCCN(C)CC1. The van der Waals surface area contributed by atoms with Gasteiger partial charge in [0, 0.05) is 25.3 Å². The summed E-state index contributed by atoms with van der Waals surface area (Å²) in [7, 11) is -0.530. The topological polar surface area (TPSA) is 114 Å². The van der Waals surface area contributed by atoms with E-state index in [-0.39, 0.29) is 26.4 Å². The second-order valence-corrected chi connectivity index (χ2v) is 9.94. The Morgan fingerprint density at radius 1 is 1.22 bits per heavy atom. The maximum absolute atomic E-state index is 13.3. The Hall–Kier alpha value is -2.18. The number of hydrogen-bond donors (Lipinski definition) is 1. The highest BCUT2D eigenvalue weighted by Crippen LogP contribution is 2.30. The molecule has 0 radical (unpaired) electrons. The number of aromatic nitrogens is 2. The summed E-state index contributed by atoms with van der Waals surface area (Å²) in [4.78, 5) is 26.5. The van der Waals surface area contributed by atoms with E-state index >= 15 is 0 Å². The smallest absolute Gasteiger partial charge is 0.287 e. The lowest BCUT2D eigenvalue weighted by Gasteiger charge is -2.22. The Morgan fingerprint density at radius 3 is 2.69 bits per heavy atom. The number of halogens is 2. The molecule has 2 aromatic rings. The van der Waals surface area contributed by atoms with Gasteiger partial charge in [0.15, 0.2) is 0 Å². The van der Waals surface area contributed by atoms with Crippen LogP contribution in [0.4, 0.5) is 5.69 Å². The van der Waals surface area contributed by atoms with Crippen molar-refractivity contribution < 1.29 is 17.9 Å². The van der Waals surface area contributed by atoms with E-state index in [1.165, 1.54) is 29.6 Å². The average Bonchev–Trinajstić information content (AvgIpc) is 2.99. The highest BCUT2D eigenvalue weighted by Gasteiger charge is 2.29. The number of rotatable bonds is 6. The first-order chi connectivity index (χ1) is 15.1. The number of ether oxygens (including phenoxy) is 1. The van der Waals surface area contributed by atoms with E-state index in [1.54, 1.807) is 0 Å². The highest BCUT2D eigenvalue weighted by molar-refractivity contribution is 7.89. The molecule has 0 atom stereocenters. The lowest BCUT2D eigenvalue weighted by molar-refractivity contribution is -0.117. The molecule has 1 aliphatic rings. The van der Waals surface area contributed by atoms with E-state index in [9.17, 15) is 18.0 Å². The van der Waals surface area contributed by atoms with Crippen molar-refractivity contribution in [1.82, 2.24) is 19.0 Å². The predicted octanol–water partition coefficient (Wildman–Crippen LogP) is 1.52. The van der Waals surface area contributed by atoms with Crippen LogP contribution in [0.2, 0.25) is 10.0 Å². The van der Waals surface area contributed by atoms with Crippen molar-refractivity contribution in [3.63, 3.8) is 0 Å². The van der Waals surface area contributed by atoms with Gasteiger partial charge in [-0.05, 0) is 38.2 Å². The molecule has 1 aromatic heterocycles. The van der Waals surface area contributed by atoms with Gasteiger partial charge < -0.3 is 15.0 Å². The summed E-state index contributed by atoms with van der Waals surface area (Å²) in [5.74, 6) is -0.425. The summed E-state index contributed by atoms with van der Waals surface area (Å²) in [5, 5.41) is 6.10. The molecular weight excluding hydrogens is 481 g/mol. The molecule has 1 N–H and O–H groups in total. The van der Waals surface area contributed by atoms with Crippen molar-refractivity contribution >= 4 is 44.8 Å². The average molecular weight is 504 g/mol. The zero-order valence-corrected chi connectivity index (χ0v) is 19.9. The van der Waals surface area contributed by atoms with Gasteiger partial charge in [-0.25, -0.2) is 13.1 Å². The third-order valence-electron chi connectivity index (χ3n) is 4.98. The number of amides is 1. The van der Waals surface area contributed by atoms with E-state index in [2.05, 4.69) is 15.3 Å². The molecule has 32 heavy (non-hydrogen) atoms. The number of anilines is 1. The summed E-state index contributed by atoms with van der Waals surface area (Å²) in [6, 6.07) is 4.32. The molecule has 0 bridgehead atoms. The summed E-state index contributed by atoms with van der Waals surface area (Å²) < 4.78 is 34.1. The molecule has 1 amide bonds. The Labute approximate surface area is 195 Å². The van der Waals surface area contributed by atoms with Gasteiger partial charge >= 0.3 is 0 Å². The minimum atomic E-state index is -3.86. The zero-order chi connectivity index (χ0) is 23.5. The van der Waals surface area contributed by atoms with Crippen molar-refractivity contribution in [3.8, 4) is 5.75 Å². The first-order valence-electron chi connectivity index (χ1n) is 9.71. The van der Waals surface area contributed by atoms with Crippen LogP contribution in [-0.4, -0.2) is 73.6 Å². The van der Waals surface area contributed by atoms with Gasteiger partial charge in [-0.1, -0.05) is 23.2 Å². The Balaban J connectivity index is 1.84.